The van der Waals surface area contributed by atoms with Crippen molar-refractivity contribution in [1.82, 2.24) is 20.8 Å². The van der Waals surface area contributed by atoms with E-state index in [1.54, 1.807) is 7.05 Å². The van der Waals surface area contributed by atoms with E-state index in [2.05, 4.69) is 25.8 Å². The summed E-state index contributed by atoms with van der Waals surface area (Å²) in [7, 11) is 1.80. The van der Waals surface area contributed by atoms with Gasteiger partial charge in [0, 0.05) is 24.8 Å². The topological polar surface area (TPSA) is 74.3 Å². The van der Waals surface area contributed by atoms with Crippen LogP contribution in [-0.2, 0) is 11.3 Å². The van der Waals surface area contributed by atoms with Gasteiger partial charge in [-0.05, 0) is 26.2 Å². The molecule has 0 amide bonds. The number of guanidine groups is 1. The second-order valence-electron chi connectivity index (χ2n) is 5.31. The number of halogens is 1. The molecule has 2 saturated heterocycles. The molecule has 1 aromatic rings. The van der Waals surface area contributed by atoms with E-state index in [9.17, 15) is 0 Å². The van der Waals surface area contributed by atoms with Crippen molar-refractivity contribution in [3.8, 4) is 0 Å². The number of rotatable bonds is 3. The van der Waals surface area contributed by atoms with Gasteiger partial charge in [-0.2, -0.15) is 5.10 Å². The van der Waals surface area contributed by atoms with Gasteiger partial charge in [0.05, 0.1) is 24.4 Å². The third kappa shape index (κ3) is 3.25. The predicted molar refractivity (Wildman–Crippen MR) is 88.4 cm³/mol. The Morgan fingerprint density at radius 2 is 2.40 bits per heavy atom. The monoisotopic (exact) mass is 391 g/mol. The minimum atomic E-state index is 0. The Morgan fingerprint density at radius 1 is 1.55 bits per heavy atom. The molecule has 0 saturated carbocycles. The van der Waals surface area contributed by atoms with E-state index in [0.29, 0.717) is 18.2 Å². The minimum Gasteiger partial charge on any atom is -0.373 e. The fourth-order valence-corrected chi connectivity index (χ4v) is 2.89. The third-order valence-corrected chi connectivity index (χ3v) is 4.03. The van der Waals surface area contributed by atoms with E-state index in [4.69, 9.17) is 4.74 Å². The van der Waals surface area contributed by atoms with Crippen LogP contribution in [0.15, 0.2) is 11.2 Å². The Balaban J connectivity index is 0.00000147. The van der Waals surface area contributed by atoms with Gasteiger partial charge in [0.1, 0.15) is 0 Å². The van der Waals surface area contributed by atoms with Gasteiger partial charge in [0.2, 0.25) is 0 Å². The summed E-state index contributed by atoms with van der Waals surface area (Å²) in [5.74, 6) is 0.835. The normalized spacial score (nSPS) is 28.3. The smallest absolute Gasteiger partial charge is 0.191 e. The average Bonchev–Trinajstić information content (AvgIpc) is 3.11. The second-order valence-corrected chi connectivity index (χ2v) is 5.31. The molecule has 0 spiro atoms. The fourth-order valence-electron chi connectivity index (χ4n) is 2.89. The number of H-pyrrole nitrogens is 1. The van der Waals surface area contributed by atoms with Crippen LogP contribution in [0.5, 0.6) is 0 Å². The Labute approximate surface area is 136 Å². The third-order valence-electron chi connectivity index (χ3n) is 4.03. The van der Waals surface area contributed by atoms with Crippen LogP contribution in [0.25, 0.3) is 0 Å². The molecule has 1 aromatic heterocycles. The van der Waals surface area contributed by atoms with E-state index in [0.717, 1.165) is 30.2 Å². The van der Waals surface area contributed by atoms with Crippen LogP contribution in [-0.4, -0.2) is 41.5 Å². The highest BCUT2D eigenvalue weighted by Crippen LogP contribution is 2.34. The molecule has 2 bridgehead atoms. The van der Waals surface area contributed by atoms with E-state index in [-0.39, 0.29) is 24.0 Å². The molecule has 20 heavy (non-hydrogen) atoms. The summed E-state index contributed by atoms with van der Waals surface area (Å²) in [6, 6.07) is 0.399. The van der Waals surface area contributed by atoms with Crippen LogP contribution in [0.1, 0.15) is 30.5 Å². The molecule has 2 aliphatic heterocycles. The summed E-state index contributed by atoms with van der Waals surface area (Å²) < 4.78 is 5.84. The van der Waals surface area contributed by atoms with Crippen molar-refractivity contribution in [2.24, 2.45) is 4.99 Å². The molecule has 6 nitrogen and oxygen atoms in total. The molecule has 3 atom stereocenters. The van der Waals surface area contributed by atoms with Crippen LogP contribution in [0.3, 0.4) is 0 Å². The number of aliphatic imine (C=N–C) groups is 1. The molecule has 3 rings (SSSR count). The van der Waals surface area contributed by atoms with Gasteiger partial charge >= 0.3 is 0 Å². The number of ether oxygens (including phenoxy) is 1. The lowest BCUT2D eigenvalue weighted by atomic mass is 9.96. The quantitative estimate of drug-likeness (QED) is 0.413. The van der Waals surface area contributed by atoms with Gasteiger partial charge < -0.3 is 15.4 Å². The number of aromatic nitrogens is 2. The van der Waals surface area contributed by atoms with Gasteiger partial charge in [-0.15, -0.1) is 24.0 Å². The summed E-state index contributed by atoms with van der Waals surface area (Å²) in [5.41, 5.74) is 2.25. The zero-order valence-electron chi connectivity index (χ0n) is 11.8. The summed E-state index contributed by atoms with van der Waals surface area (Å²) in [4.78, 5) is 4.27. The molecule has 3 N–H and O–H groups in total. The lowest BCUT2D eigenvalue weighted by Crippen LogP contribution is -2.47. The lowest BCUT2D eigenvalue weighted by Gasteiger charge is -2.22. The predicted octanol–water partition coefficient (Wildman–Crippen LogP) is 1.32. The van der Waals surface area contributed by atoms with Gasteiger partial charge in [-0.1, -0.05) is 0 Å². The van der Waals surface area contributed by atoms with Gasteiger partial charge in [0.25, 0.3) is 0 Å². The fraction of sp³-hybridized carbons (Fsp3) is 0.692. The lowest BCUT2D eigenvalue weighted by molar-refractivity contribution is 0.0992. The minimum absolute atomic E-state index is 0. The first-order valence-corrected chi connectivity index (χ1v) is 6.87. The maximum atomic E-state index is 5.84. The highest BCUT2D eigenvalue weighted by atomic mass is 127. The number of aryl methyl sites for hydroxylation is 1. The Kier molecular flexibility index (Phi) is 5.25. The van der Waals surface area contributed by atoms with Crippen molar-refractivity contribution >= 4 is 29.9 Å². The highest BCUT2D eigenvalue weighted by molar-refractivity contribution is 14.0. The Morgan fingerprint density at radius 3 is 2.95 bits per heavy atom. The molecule has 2 aliphatic rings. The molecule has 2 fully saturated rings. The molecule has 0 aliphatic carbocycles. The summed E-state index contributed by atoms with van der Waals surface area (Å²) >= 11 is 0. The van der Waals surface area contributed by atoms with Crippen LogP contribution >= 0.6 is 24.0 Å². The van der Waals surface area contributed by atoms with E-state index < -0.39 is 0 Å². The largest absolute Gasteiger partial charge is 0.373 e. The molecular weight excluding hydrogens is 369 g/mol. The number of nitrogens with zero attached hydrogens (tertiary/aromatic N) is 2. The molecule has 0 radical (unpaired) electrons. The second kappa shape index (κ2) is 6.75. The Bertz CT molecular complexity index is 475. The first-order valence-electron chi connectivity index (χ1n) is 6.87. The first-order chi connectivity index (χ1) is 9.26. The van der Waals surface area contributed by atoms with Crippen LogP contribution in [0.4, 0.5) is 0 Å². The van der Waals surface area contributed by atoms with Crippen LogP contribution < -0.4 is 10.6 Å². The molecule has 7 heteroatoms. The molecular formula is C13H22IN5O. The number of aromatic amines is 1. The molecule has 0 aromatic carbocycles. The van der Waals surface area contributed by atoms with Gasteiger partial charge in [-0.3, -0.25) is 10.1 Å². The maximum absolute atomic E-state index is 5.84. The number of hydrogen-bond donors (Lipinski definition) is 3. The zero-order chi connectivity index (χ0) is 13.2. The zero-order valence-corrected chi connectivity index (χ0v) is 14.2. The number of hydrogen-bond acceptors (Lipinski definition) is 3. The first kappa shape index (κ1) is 15.6. The van der Waals surface area contributed by atoms with Gasteiger partial charge in [0.15, 0.2) is 5.96 Å². The van der Waals surface area contributed by atoms with Crippen molar-refractivity contribution in [3.63, 3.8) is 0 Å². The summed E-state index contributed by atoms with van der Waals surface area (Å²) in [6.07, 6.45) is 6.13. The standard InChI is InChI=1S/C13H21N5O.HI/c1-8-9(7-16-18-8)6-15-13(14-2)17-11-5-10-3-4-12(11)19-10;/h7,10-12H,3-6H2,1-2H3,(H,16,18)(H2,14,15,17);1H. The van der Waals surface area contributed by atoms with Crippen molar-refractivity contribution < 1.29 is 4.74 Å². The number of nitrogens with one attached hydrogen (secondary N) is 3. The van der Waals surface area contributed by atoms with E-state index >= 15 is 0 Å². The average molecular weight is 391 g/mol. The molecule has 112 valence electrons. The SMILES string of the molecule is CN=C(NCc1cn[nH]c1C)NC1CC2CCC1O2.I. The van der Waals surface area contributed by atoms with Crippen LogP contribution in [0, 0.1) is 6.92 Å². The molecule has 3 unspecified atom stereocenters. The number of fused-ring (bicyclic) bond motifs is 2. The van der Waals surface area contributed by atoms with Crippen molar-refractivity contribution in [3.05, 3.63) is 17.5 Å². The van der Waals surface area contributed by atoms with Crippen LogP contribution in [0.2, 0.25) is 0 Å². The van der Waals surface area contributed by atoms with E-state index in [1.807, 2.05) is 13.1 Å². The van der Waals surface area contributed by atoms with Crippen molar-refractivity contribution in [2.45, 2.75) is 51.0 Å². The maximum Gasteiger partial charge on any atom is 0.191 e. The van der Waals surface area contributed by atoms with Crippen molar-refractivity contribution in [1.29, 1.82) is 0 Å². The Hall–Kier alpha value is -0.830. The summed E-state index contributed by atoms with van der Waals surface area (Å²) in [6.45, 7) is 2.74. The van der Waals surface area contributed by atoms with Crippen molar-refractivity contribution in [2.75, 3.05) is 7.05 Å². The summed E-state index contributed by atoms with van der Waals surface area (Å²) in [5, 5.41) is 13.7. The highest BCUT2D eigenvalue weighted by Gasteiger charge is 2.41. The molecule has 3 heterocycles. The van der Waals surface area contributed by atoms with Gasteiger partial charge in [-0.25, -0.2) is 0 Å². The van der Waals surface area contributed by atoms with E-state index in [1.165, 1.54) is 12.8 Å².